The fourth-order valence-corrected chi connectivity index (χ4v) is 3.48. The summed E-state index contributed by atoms with van der Waals surface area (Å²) < 4.78 is 1.80. The molecule has 7 heteroatoms. The molecule has 0 saturated carbocycles. The molecule has 1 saturated heterocycles. The summed E-state index contributed by atoms with van der Waals surface area (Å²) in [5.74, 6) is 1.92. The van der Waals surface area contributed by atoms with Crippen molar-refractivity contribution < 1.29 is 4.79 Å². The summed E-state index contributed by atoms with van der Waals surface area (Å²) in [5.41, 5.74) is 1.72. The van der Waals surface area contributed by atoms with Gasteiger partial charge >= 0.3 is 0 Å². The number of nitrogens with one attached hydrogen (secondary N) is 1. The molecule has 1 amide bonds. The Kier molecular flexibility index (Phi) is 5.00. The third-order valence-electron chi connectivity index (χ3n) is 5.02. The Balaban J connectivity index is 1.51. The summed E-state index contributed by atoms with van der Waals surface area (Å²) >= 11 is 0. The van der Waals surface area contributed by atoms with Crippen LogP contribution in [0.2, 0.25) is 0 Å². The first-order valence-electron chi connectivity index (χ1n) is 9.57. The minimum absolute atomic E-state index is 0.103. The van der Waals surface area contributed by atoms with Gasteiger partial charge in [-0.05, 0) is 31.4 Å². The summed E-state index contributed by atoms with van der Waals surface area (Å²) in [6, 6.07) is 13.9. The molecule has 3 aromatic rings. The molecule has 1 aliphatic rings. The average Bonchev–Trinajstić information content (AvgIpc) is 3.16. The summed E-state index contributed by atoms with van der Waals surface area (Å²) in [5, 5.41) is 16.3. The number of nitrogens with zero attached hydrogens (tertiary/aromatic N) is 5. The van der Waals surface area contributed by atoms with Gasteiger partial charge in [-0.25, -0.2) is 0 Å². The highest BCUT2D eigenvalue weighted by molar-refractivity contribution is 5.78. The maximum absolute atomic E-state index is 12.2. The van der Waals surface area contributed by atoms with Crippen molar-refractivity contribution in [2.24, 2.45) is 5.92 Å². The van der Waals surface area contributed by atoms with Gasteiger partial charge in [0.1, 0.15) is 5.82 Å². The van der Waals surface area contributed by atoms with E-state index in [9.17, 15) is 4.79 Å². The number of aromatic nitrogens is 4. The minimum Gasteiger partial charge on any atom is -0.356 e. The highest BCUT2D eigenvalue weighted by Gasteiger charge is 2.25. The van der Waals surface area contributed by atoms with Crippen LogP contribution in [-0.4, -0.2) is 45.4 Å². The lowest BCUT2D eigenvalue weighted by molar-refractivity contribution is -0.125. The summed E-state index contributed by atoms with van der Waals surface area (Å²) in [4.78, 5) is 14.4. The van der Waals surface area contributed by atoms with Gasteiger partial charge in [0, 0.05) is 31.1 Å². The predicted molar refractivity (Wildman–Crippen MR) is 104 cm³/mol. The van der Waals surface area contributed by atoms with Crippen LogP contribution in [0.4, 0.5) is 5.82 Å². The lowest BCUT2D eigenvalue weighted by Gasteiger charge is -2.32. The zero-order chi connectivity index (χ0) is 18.6. The number of benzene rings is 1. The molecule has 0 aliphatic carbocycles. The predicted octanol–water partition coefficient (Wildman–Crippen LogP) is 2.53. The molecule has 0 radical (unpaired) electrons. The van der Waals surface area contributed by atoms with E-state index in [0.717, 1.165) is 61.7 Å². The number of hydrogen-bond acceptors (Lipinski definition) is 5. The van der Waals surface area contributed by atoms with Crippen LogP contribution in [-0.2, 0) is 4.79 Å². The standard InChI is InChI=1S/C20H24N6O/c1-2-12-21-20(27)16-10-13-25(14-11-16)18-9-8-17-22-23-19(26(17)24-18)15-6-4-3-5-7-15/h3-9,16H,2,10-14H2,1H3,(H,21,27). The van der Waals surface area contributed by atoms with Crippen LogP contribution in [0.15, 0.2) is 42.5 Å². The molecule has 7 nitrogen and oxygen atoms in total. The van der Waals surface area contributed by atoms with Crippen LogP contribution in [0, 0.1) is 5.92 Å². The van der Waals surface area contributed by atoms with Crippen LogP contribution in [0.1, 0.15) is 26.2 Å². The molecule has 3 heterocycles. The van der Waals surface area contributed by atoms with Crippen LogP contribution in [0.3, 0.4) is 0 Å². The van der Waals surface area contributed by atoms with E-state index in [0.29, 0.717) is 0 Å². The molecule has 1 fully saturated rings. The van der Waals surface area contributed by atoms with Crippen LogP contribution >= 0.6 is 0 Å². The second kappa shape index (κ2) is 7.73. The molecular formula is C20H24N6O. The lowest BCUT2D eigenvalue weighted by Crippen LogP contribution is -2.41. The first kappa shape index (κ1) is 17.5. The van der Waals surface area contributed by atoms with Gasteiger partial charge in [0.05, 0.1) is 0 Å². The average molecular weight is 364 g/mol. The Morgan fingerprint density at radius 2 is 1.89 bits per heavy atom. The summed E-state index contributed by atoms with van der Waals surface area (Å²) in [6.07, 6.45) is 2.67. The smallest absolute Gasteiger partial charge is 0.223 e. The third-order valence-corrected chi connectivity index (χ3v) is 5.02. The number of anilines is 1. The largest absolute Gasteiger partial charge is 0.356 e. The van der Waals surface area contributed by atoms with Gasteiger partial charge in [0.2, 0.25) is 5.91 Å². The van der Waals surface area contributed by atoms with Gasteiger partial charge in [-0.1, -0.05) is 37.3 Å². The fourth-order valence-electron chi connectivity index (χ4n) is 3.48. The molecule has 1 aromatic carbocycles. The number of amides is 1. The van der Waals surface area contributed by atoms with E-state index in [2.05, 4.69) is 27.3 Å². The van der Waals surface area contributed by atoms with Crippen molar-refractivity contribution in [3.05, 3.63) is 42.5 Å². The first-order valence-corrected chi connectivity index (χ1v) is 9.57. The van der Waals surface area contributed by atoms with E-state index in [1.165, 1.54) is 0 Å². The molecule has 0 bridgehead atoms. The van der Waals surface area contributed by atoms with Gasteiger partial charge in [0.25, 0.3) is 0 Å². The monoisotopic (exact) mass is 364 g/mol. The maximum Gasteiger partial charge on any atom is 0.223 e. The topological polar surface area (TPSA) is 75.4 Å². The van der Waals surface area contributed by atoms with Crippen molar-refractivity contribution in [2.45, 2.75) is 26.2 Å². The van der Waals surface area contributed by atoms with Gasteiger partial charge in [-0.15, -0.1) is 15.3 Å². The highest BCUT2D eigenvalue weighted by atomic mass is 16.1. The molecule has 140 valence electrons. The number of piperidine rings is 1. The third kappa shape index (κ3) is 3.63. The van der Waals surface area contributed by atoms with Gasteiger partial charge < -0.3 is 10.2 Å². The van der Waals surface area contributed by atoms with E-state index >= 15 is 0 Å². The Morgan fingerprint density at radius 1 is 1.11 bits per heavy atom. The number of rotatable bonds is 5. The number of fused-ring (bicyclic) bond motifs is 1. The normalized spacial score (nSPS) is 15.2. The second-order valence-electron chi connectivity index (χ2n) is 6.90. The molecular weight excluding hydrogens is 340 g/mol. The zero-order valence-electron chi connectivity index (χ0n) is 15.5. The highest BCUT2D eigenvalue weighted by Crippen LogP contribution is 2.24. The van der Waals surface area contributed by atoms with E-state index in [-0.39, 0.29) is 11.8 Å². The molecule has 2 aromatic heterocycles. The van der Waals surface area contributed by atoms with Crippen molar-refractivity contribution >= 4 is 17.4 Å². The summed E-state index contributed by atoms with van der Waals surface area (Å²) in [7, 11) is 0. The number of carbonyl (C=O) groups is 1. The summed E-state index contributed by atoms with van der Waals surface area (Å²) in [6.45, 7) is 4.48. The van der Waals surface area contributed by atoms with E-state index in [4.69, 9.17) is 5.10 Å². The molecule has 27 heavy (non-hydrogen) atoms. The molecule has 1 aliphatic heterocycles. The van der Waals surface area contributed by atoms with Gasteiger partial charge in [-0.3, -0.25) is 4.79 Å². The van der Waals surface area contributed by atoms with Crippen LogP contribution < -0.4 is 10.2 Å². The van der Waals surface area contributed by atoms with Crippen molar-refractivity contribution in [2.75, 3.05) is 24.5 Å². The first-order chi connectivity index (χ1) is 13.3. The SMILES string of the molecule is CCCNC(=O)C1CCN(c2ccc3nnc(-c4ccccc4)n3n2)CC1. The number of hydrogen-bond donors (Lipinski definition) is 1. The van der Waals surface area contributed by atoms with Crippen LogP contribution in [0.25, 0.3) is 17.0 Å². The number of carbonyl (C=O) groups excluding carboxylic acids is 1. The van der Waals surface area contributed by atoms with E-state index < -0.39 is 0 Å². The van der Waals surface area contributed by atoms with Crippen molar-refractivity contribution in [1.29, 1.82) is 0 Å². The molecule has 0 unspecified atom stereocenters. The second-order valence-corrected chi connectivity index (χ2v) is 6.90. The van der Waals surface area contributed by atoms with Gasteiger partial charge in [-0.2, -0.15) is 4.52 Å². The van der Waals surface area contributed by atoms with Gasteiger partial charge in [0.15, 0.2) is 11.5 Å². The zero-order valence-corrected chi connectivity index (χ0v) is 15.5. The van der Waals surface area contributed by atoms with E-state index in [1.807, 2.05) is 42.5 Å². The Bertz CT molecular complexity index is 915. The molecule has 1 N–H and O–H groups in total. The molecule has 0 atom stereocenters. The minimum atomic E-state index is 0.103. The van der Waals surface area contributed by atoms with Crippen molar-refractivity contribution in [3.63, 3.8) is 0 Å². The van der Waals surface area contributed by atoms with E-state index in [1.54, 1.807) is 4.52 Å². The Labute approximate surface area is 158 Å². The van der Waals surface area contributed by atoms with Crippen molar-refractivity contribution in [3.8, 4) is 11.4 Å². The quantitative estimate of drug-likeness (QED) is 0.753. The van der Waals surface area contributed by atoms with Crippen LogP contribution in [0.5, 0.6) is 0 Å². The van der Waals surface area contributed by atoms with Crippen molar-refractivity contribution in [1.82, 2.24) is 25.1 Å². The molecule has 0 spiro atoms. The Morgan fingerprint density at radius 3 is 2.63 bits per heavy atom. The molecule has 4 rings (SSSR count). The fraction of sp³-hybridized carbons (Fsp3) is 0.400. The lowest BCUT2D eigenvalue weighted by atomic mass is 9.96. The Hall–Kier alpha value is -2.96. The maximum atomic E-state index is 12.2.